The molecule has 1 aromatic rings. The van der Waals surface area contributed by atoms with E-state index in [1.54, 1.807) is 19.2 Å². The molecule has 0 aromatic heterocycles. The van der Waals surface area contributed by atoms with Gasteiger partial charge in [-0.2, -0.15) is 0 Å². The molecule has 0 spiro atoms. The topological polar surface area (TPSA) is 56.8 Å². The van der Waals surface area contributed by atoms with E-state index in [0.717, 1.165) is 12.2 Å². The van der Waals surface area contributed by atoms with Crippen molar-refractivity contribution in [3.63, 3.8) is 0 Å². The number of ether oxygens (including phenoxy) is 3. The first-order valence-corrected chi connectivity index (χ1v) is 6.37. The number of methoxy groups -OCH3 is 1. The quantitative estimate of drug-likeness (QED) is 0.691. The van der Waals surface area contributed by atoms with Crippen LogP contribution in [-0.4, -0.2) is 39.4 Å². The monoisotopic (exact) mass is 267 g/mol. The van der Waals surface area contributed by atoms with E-state index in [9.17, 15) is 4.79 Å². The predicted molar refractivity (Wildman–Crippen MR) is 72.6 cm³/mol. The summed E-state index contributed by atoms with van der Waals surface area (Å²) >= 11 is 0. The van der Waals surface area contributed by atoms with Gasteiger partial charge in [-0.1, -0.05) is 13.0 Å². The van der Waals surface area contributed by atoms with Gasteiger partial charge in [0.2, 0.25) is 0 Å². The minimum Gasteiger partial charge on any atom is -0.493 e. The summed E-state index contributed by atoms with van der Waals surface area (Å²) in [6, 6.07) is 7.27. The fourth-order valence-corrected chi connectivity index (χ4v) is 1.37. The molecule has 5 nitrogen and oxygen atoms in total. The number of nitrogens with one attached hydrogen (secondary N) is 1. The van der Waals surface area contributed by atoms with Crippen molar-refractivity contribution in [1.29, 1.82) is 0 Å². The van der Waals surface area contributed by atoms with Gasteiger partial charge in [-0.3, -0.25) is 4.79 Å². The van der Waals surface area contributed by atoms with Crippen LogP contribution in [0, 0.1) is 0 Å². The second-order valence-corrected chi connectivity index (χ2v) is 3.95. The molecule has 0 saturated heterocycles. The normalized spacial score (nSPS) is 10.0. The maximum Gasteiger partial charge on any atom is 0.258 e. The molecule has 0 aliphatic heterocycles. The fourth-order valence-electron chi connectivity index (χ4n) is 1.37. The van der Waals surface area contributed by atoms with E-state index >= 15 is 0 Å². The van der Waals surface area contributed by atoms with Crippen molar-refractivity contribution in [2.24, 2.45) is 0 Å². The number of amides is 1. The zero-order valence-corrected chi connectivity index (χ0v) is 11.5. The van der Waals surface area contributed by atoms with Crippen molar-refractivity contribution in [3.05, 3.63) is 24.3 Å². The van der Waals surface area contributed by atoms with Crippen LogP contribution in [0.1, 0.15) is 13.3 Å². The van der Waals surface area contributed by atoms with Gasteiger partial charge in [0.15, 0.2) is 6.61 Å². The SMILES string of the molecule is CCCOc1cccc(OCC(=O)NCCOC)c1. The lowest BCUT2D eigenvalue weighted by atomic mass is 10.3. The second-order valence-electron chi connectivity index (χ2n) is 3.95. The molecule has 0 bridgehead atoms. The Balaban J connectivity index is 2.33. The van der Waals surface area contributed by atoms with E-state index in [0.29, 0.717) is 25.5 Å². The third-order valence-electron chi connectivity index (χ3n) is 2.28. The summed E-state index contributed by atoms with van der Waals surface area (Å²) in [4.78, 5) is 11.4. The van der Waals surface area contributed by atoms with Gasteiger partial charge in [0.25, 0.3) is 5.91 Å². The molecule has 5 heteroatoms. The van der Waals surface area contributed by atoms with Gasteiger partial charge in [0.1, 0.15) is 11.5 Å². The van der Waals surface area contributed by atoms with E-state index in [1.165, 1.54) is 0 Å². The third kappa shape index (κ3) is 6.67. The first kappa shape index (κ1) is 15.3. The maximum atomic E-state index is 11.4. The molecule has 0 radical (unpaired) electrons. The van der Waals surface area contributed by atoms with Gasteiger partial charge in [-0.15, -0.1) is 0 Å². The van der Waals surface area contributed by atoms with Crippen molar-refractivity contribution in [3.8, 4) is 11.5 Å². The predicted octanol–water partition coefficient (Wildman–Crippen LogP) is 1.62. The van der Waals surface area contributed by atoms with Crippen LogP contribution in [-0.2, 0) is 9.53 Å². The second kappa shape index (κ2) is 9.22. The highest BCUT2D eigenvalue weighted by Crippen LogP contribution is 2.19. The van der Waals surface area contributed by atoms with Crippen LogP contribution in [0.5, 0.6) is 11.5 Å². The smallest absolute Gasteiger partial charge is 0.258 e. The minimum absolute atomic E-state index is 0.0130. The Labute approximate surface area is 113 Å². The van der Waals surface area contributed by atoms with Crippen LogP contribution in [0.3, 0.4) is 0 Å². The molecule has 0 fully saturated rings. The average molecular weight is 267 g/mol. The zero-order valence-electron chi connectivity index (χ0n) is 11.5. The number of benzene rings is 1. The maximum absolute atomic E-state index is 11.4. The highest BCUT2D eigenvalue weighted by molar-refractivity contribution is 5.77. The summed E-state index contributed by atoms with van der Waals surface area (Å²) in [5.41, 5.74) is 0. The van der Waals surface area contributed by atoms with Crippen LogP contribution >= 0.6 is 0 Å². The summed E-state index contributed by atoms with van der Waals surface area (Å²) in [5, 5.41) is 2.68. The summed E-state index contributed by atoms with van der Waals surface area (Å²) in [6.07, 6.45) is 0.951. The van der Waals surface area contributed by atoms with Crippen LogP contribution in [0.25, 0.3) is 0 Å². The Bertz CT molecular complexity index is 381. The van der Waals surface area contributed by atoms with Crippen molar-refractivity contribution in [1.82, 2.24) is 5.32 Å². The molecule has 19 heavy (non-hydrogen) atoms. The lowest BCUT2D eigenvalue weighted by molar-refractivity contribution is -0.123. The summed E-state index contributed by atoms with van der Waals surface area (Å²) in [6.45, 7) is 3.68. The first-order valence-electron chi connectivity index (χ1n) is 6.37. The molecular weight excluding hydrogens is 246 g/mol. The van der Waals surface area contributed by atoms with Gasteiger partial charge < -0.3 is 19.5 Å². The summed E-state index contributed by atoms with van der Waals surface area (Å²) in [7, 11) is 1.59. The van der Waals surface area contributed by atoms with E-state index in [1.807, 2.05) is 19.1 Å². The highest BCUT2D eigenvalue weighted by Gasteiger charge is 2.03. The number of carbonyl (C=O) groups excluding carboxylic acids is 1. The molecule has 1 N–H and O–H groups in total. The Morgan fingerprint density at radius 3 is 2.63 bits per heavy atom. The minimum atomic E-state index is -0.170. The van der Waals surface area contributed by atoms with Crippen LogP contribution in [0.2, 0.25) is 0 Å². The number of hydrogen-bond donors (Lipinski definition) is 1. The highest BCUT2D eigenvalue weighted by atomic mass is 16.5. The summed E-state index contributed by atoms with van der Waals surface area (Å²) < 4.78 is 15.7. The molecular formula is C14H21NO4. The molecule has 0 saturated carbocycles. The number of carbonyl (C=O) groups is 1. The van der Waals surface area contributed by atoms with Crippen molar-refractivity contribution in [2.75, 3.05) is 33.5 Å². The molecule has 0 atom stereocenters. The van der Waals surface area contributed by atoms with E-state index < -0.39 is 0 Å². The number of rotatable bonds is 9. The van der Waals surface area contributed by atoms with E-state index in [2.05, 4.69) is 5.32 Å². The van der Waals surface area contributed by atoms with E-state index in [-0.39, 0.29) is 12.5 Å². The van der Waals surface area contributed by atoms with Crippen molar-refractivity contribution in [2.45, 2.75) is 13.3 Å². The van der Waals surface area contributed by atoms with Crippen molar-refractivity contribution < 1.29 is 19.0 Å². The Morgan fingerprint density at radius 1 is 1.21 bits per heavy atom. The molecule has 1 rings (SSSR count). The lowest BCUT2D eigenvalue weighted by Crippen LogP contribution is -2.31. The molecule has 106 valence electrons. The molecule has 0 unspecified atom stereocenters. The Hall–Kier alpha value is -1.75. The zero-order chi connectivity index (χ0) is 13.9. The van der Waals surface area contributed by atoms with Crippen LogP contribution < -0.4 is 14.8 Å². The van der Waals surface area contributed by atoms with Gasteiger partial charge >= 0.3 is 0 Å². The van der Waals surface area contributed by atoms with Gasteiger partial charge in [0.05, 0.1) is 13.2 Å². The Morgan fingerprint density at radius 2 is 1.95 bits per heavy atom. The molecule has 0 heterocycles. The Kier molecular flexibility index (Phi) is 7.43. The molecule has 1 aromatic carbocycles. The first-order chi connectivity index (χ1) is 9.26. The standard InChI is InChI=1S/C14H21NO4/c1-3-8-18-12-5-4-6-13(10-12)19-11-14(16)15-7-9-17-2/h4-6,10H,3,7-9,11H2,1-2H3,(H,15,16). The lowest BCUT2D eigenvalue weighted by Gasteiger charge is -2.09. The summed E-state index contributed by atoms with van der Waals surface area (Å²) in [5.74, 6) is 1.20. The molecule has 1 amide bonds. The molecule has 0 aliphatic carbocycles. The van der Waals surface area contributed by atoms with Gasteiger partial charge in [-0.05, 0) is 18.6 Å². The van der Waals surface area contributed by atoms with Crippen molar-refractivity contribution >= 4 is 5.91 Å². The third-order valence-corrected chi connectivity index (χ3v) is 2.28. The van der Waals surface area contributed by atoms with Gasteiger partial charge in [-0.25, -0.2) is 0 Å². The number of hydrogen-bond acceptors (Lipinski definition) is 4. The fraction of sp³-hybridized carbons (Fsp3) is 0.500. The van der Waals surface area contributed by atoms with Gasteiger partial charge in [0, 0.05) is 19.7 Å². The van der Waals surface area contributed by atoms with E-state index in [4.69, 9.17) is 14.2 Å². The average Bonchev–Trinajstić information content (AvgIpc) is 2.44. The van der Waals surface area contributed by atoms with Crippen LogP contribution in [0.15, 0.2) is 24.3 Å². The largest absolute Gasteiger partial charge is 0.493 e. The molecule has 0 aliphatic rings. The van der Waals surface area contributed by atoms with Crippen LogP contribution in [0.4, 0.5) is 0 Å².